The van der Waals surface area contributed by atoms with Crippen LogP contribution in [0.2, 0.25) is 0 Å². The molecule has 0 radical (unpaired) electrons. The van der Waals surface area contributed by atoms with Gasteiger partial charge in [0.25, 0.3) is 0 Å². The number of rotatable bonds is 12. The van der Waals surface area contributed by atoms with E-state index in [9.17, 15) is 61.0 Å². The van der Waals surface area contributed by atoms with Gasteiger partial charge in [0.15, 0.2) is 48.0 Å². The van der Waals surface area contributed by atoms with Crippen LogP contribution in [0.1, 0.15) is 25.0 Å². The van der Waals surface area contributed by atoms with Gasteiger partial charge in [0.2, 0.25) is 0 Å². The maximum Gasteiger partial charge on any atom is 0.331 e. The number of hydrogen-bond donors (Lipinski definition) is 11. The third kappa shape index (κ3) is 9.58. The lowest BCUT2D eigenvalue weighted by atomic mass is 9.96. The van der Waals surface area contributed by atoms with Gasteiger partial charge in [-0.05, 0) is 61.7 Å². The normalized spacial score (nSPS) is 37.3. The highest BCUT2D eigenvalue weighted by molar-refractivity contribution is 5.87. The van der Waals surface area contributed by atoms with Crippen molar-refractivity contribution in [1.82, 2.24) is 0 Å². The molecule has 54 heavy (non-hydrogen) atoms. The number of aromatic hydroxyl groups is 4. The topological polar surface area (TPSA) is 304 Å². The van der Waals surface area contributed by atoms with E-state index in [1.165, 1.54) is 56.3 Å². The van der Waals surface area contributed by atoms with E-state index in [2.05, 4.69) is 0 Å². The Hall–Kier alpha value is -3.67. The average molecular weight is 771 g/mol. The molecule has 19 heteroatoms. The molecule has 11 N–H and O–H groups in total. The van der Waals surface area contributed by atoms with Crippen LogP contribution in [-0.4, -0.2) is 167 Å². The number of hydrogen-bond acceptors (Lipinski definition) is 19. The van der Waals surface area contributed by atoms with E-state index in [1.807, 2.05) is 0 Å². The molecule has 0 unspecified atom stereocenters. The first-order valence-electron chi connectivity index (χ1n) is 17.1. The van der Waals surface area contributed by atoms with Gasteiger partial charge in [-0.25, -0.2) is 4.79 Å². The molecule has 300 valence electrons. The number of phenols is 4. The minimum absolute atomic E-state index is 0.134. The molecule has 3 aliphatic heterocycles. The minimum atomic E-state index is -1.86. The molecule has 0 aliphatic carbocycles. The molecule has 0 bridgehead atoms. The minimum Gasteiger partial charge on any atom is -0.504 e. The molecule has 5 rings (SSSR count). The van der Waals surface area contributed by atoms with Gasteiger partial charge < -0.3 is 89.3 Å². The predicted molar refractivity (Wildman–Crippen MR) is 178 cm³/mol. The quantitative estimate of drug-likeness (QED) is 0.0622. The highest BCUT2D eigenvalue weighted by atomic mass is 16.8. The van der Waals surface area contributed by atoms with Crippen molar-refractivity contribution in [1.29, 1.82) is 0 Å². The zero-order valence-electron chi connectivity index (χ0n) is 29.1. The third-order valence-electron chi connectivity index (χ3n) is 9.32. The van der Waals surface area contributed by atoms with Crippen LogP contribution in [-0.2, 0) is 44.4 Å². The first kappa shape index (κ1) is 41.5. The van der Waals surface area contributed by atoms with Crippen molar-refractivity contribution in [2.24, 2.45) is 0 Å². The molecule has 2 aromatic carbocycles. The van der Waals surface area contributed by atoms with Crippen molar-refractivity contribution in [2.45, 2.75) is 112 Å². The number of aliphatic hydroxyl groups is 7. The summed E-state index contributed by atoms with van der Waals surface area (Å²) in [4.78, 5) is 13.3. The monoisotopic (exact) mass is 770 g/mol. The van der Waals surface area contributed by atoms with Gasteiger partial charge in [0, 0.05) is 6.08 Å². The Morgan fingerprint density at radius 2 is 1.22 bits per heavy atom. The van der Waals surface area contributed by atoms with Gasteiger partial charge in [-0.1, -0.05) is 12.1 Å². The Labute approximate surface area is 308 Å². The summed E-state index contributed by atoms with van der Waals surface area (Å²) in [5.41, 5.74) is 0.811. The van der Waals surface area contributed by atoms with Crippen molar-refractivity contribution in [3.8, 4) is 23.0 Å². The second-order valence-electron chi connectivity index (χ2n) is 13.3. The summed E-state index contributed by atoms with van der Waals surface area (Å²) in [7, 11) is 0. The summed E-state index contributed by atoms with van der Waals surface area (Å²) in [5, 5.41) is 113. The molecule has 2 aromatic rings. The van der Waals surface area contributed by atoms with Crippen molar-refractivity contribution in [3.05, 3.63) is 53.6 Å². The summed E-state index contributed by atoms with van der Waals surface area (Å²) in [5.74, 6) is -2.62. The van der Waals surface area contributed by atoms with Gasteiger partial charge in [0.1, 0.15) is 54.9 Å². The second-order valence-corrected chi connectivity index (χ2v) is 13.3. The SMILES string of the molecule is C[C@@H]1O[C@H](OC[C@@H]2O[C@H](OCCc3ccc(O)c(O)c3)[C@H](O)[C@H](O[C@@H]3O[C@H](C)[C@H](O)[C@H](O)[C@@H]3O)[C@@H]2OC(=O)/C=C/c2ccc(O)c(O)c2)[C@H](O)[C@H](O)[C@H]1O. The lowest BCUT2D eigenvalue weighted by molar-refractivity contribution is -0.363. The predicted octanol–water partition coefficient (Wildman–Crippen LogP) is -2.16. The molecule has 19 nitrogen and oxygen atoms in total. The number of benzene rings is 2. The number of esters is 1. The van der Waals surface area contributed by atoms with E-state index >= 15 is 0 Å². The lowest BCUT2D eigenvalue weighted by Crippen LogP contribution is -2.65. The Kier molecular flexibility index (Phi) is 13.7. The smallest absolute Gasteiger partial charge is 0.331 e. The van der Waals surface area contributed by atoms with Crippen LogP contribution in [0.3, 0.4) is 0 Å². The molecule has 0 amide bonds. The highest BCUT2D eigenvalue weighted by Gasteiger charge is 2.53. The fourth-order valence-electron chi connectivity index (χ4n) is 6.08. The number of carbonyl (C=O) groups is 1. The summed E-state index contributed by atoms with van der Waals surface area (Å²) in [6, 6.07) is 7.83. The summed E-state index contributed by atoms with van der Waals surface area (Å²) < 4.78 is 40.4. The van der Waals surface area contributed by atoms with Crippen LogP contribution in [0.5, 0.6) is 23.0 Å². The summed E-state index contributed by atoms with van der Waals surface area (Å²) in [6.45, 7) is 2.06. The molecule has 3 aliphatic rings. The van der Waals surface area contributed by atoms with E-state index < -0.39 is 116 Å². The highest BCUT2D eigenvalue weighted by Crippen LogP contribution is 2.33. The van der Waals surface area contributed by atoms with Crippen LogP contribution < -0.4 is 0 Å². The van der Waals surface area contributed by atoms with E-state index in [4.69, 9.17) is 33.2 Å². The molecule has 0 spiro atoms. The molecule has 3 heterocycles. The summed E-state index contributed by atoms with van der Waals surface area (Å²) >= 11 is 0. The zero-order valence-corrected chi connectivity index (χ0v) is 29.1. The Balaban J connectivity index is 1.43. The largest absolute Gasteiger partial charge is 0.504 e. The van der Waals surface area contributed by atoms with Crippen LogP contribution in [0, 0.1) is 0 Å². The Morgan fingerprint density at radius 1 is 0.648 bits per heavy atom. The maximum absolute atomic E-state index is 13.3. The van der Waals surface area contributed by atoms with Crippen LogP contribution >= 0.6 is 0 Å². The van der Waals surface area contributed by atoms with E-state index in [0.29, 0.717) is 5.56 Å². The fourth-order valence-corrected chi connectivity index (χ4v) is 6.08. The second kappa shape index (κ2) is 17.9. The van der Waals surface area contributed by atoms with Gasteiger partial charge in [-0.15, -0.1) is 0 Å². The molecule has 0 saturated carbocycles. The van der Waals surface area contributed by atoms with E-state index in [0.717, 1.165) is 6.08 Å². The first-order valence-corrected chi connectivity index (χ1v) is 17.1. The van der Waals surface area contributed by atoms with Crippen LogP contribution in [0.25, 0.3) is 6.08 Å². The molecule has 3 fully saturated rings. The first-order chi connectivity index (χ1) is 25.5. The summed E-state index contributed by atoms with van der Waals surface area (Å²) in [6.07, 6.45) is -21.1. The molecular weight excluding hydrogens is 724 g/mol. The molecular formula is C35H46O19. The number of carbonyl (C=O) groups excluding carboxylic acids is 1. The molecule has 3 saturated heterocycles. The van der Waals surface area contributed by atoms with Gasteiger partial charge in [-0.2, -0.15) is 0 Å². The van der Waals surface area contributed by atoms with Crippen molar-refractivity contribution >= 4 is 12.0 Å². The zero-order chi connectivity index (χ0) is 39.4. The van der Waals surface area contributed by atoms with Gasteiger partial charge in [-0.3, -0.25) is 0 Å². The fraction of sp³-hybridized carbons (Fsp3) is 0.571. The maximum atomic E-state index is 13.3. The van der Waals surface area contributed by atoms with E-state index in [-0.39, 0.29) is 30.1 Å². The van der Waals surface area contributed by atoms with Crippen molar-refractivity contribution in [2.75, 3.05) is 13.2 Å². The lowest BCUT2D eigenvalue weighted by Gasteiger charge is -2.47. The average Bonchev–Trinajstić information content (AvgIpc) is 3.14. The van der Waals surface area contributed by atoms with Crippen molar-refractivity contribution < 1.29 is 94.1 Å². The number of aliphatic hydroxyl groups excluding tert-OH is 7. The Bertz CT molecular complexity index is 1590. The van der Waals surface area contributed by atoms with Crippen LogP contribution in [0.4, 0.5) is 0 Å². The molecule has 0 aromatic heterocycles. The van der Waals surface area contributed by atoms with Gasteiger partial charge in [0.05, 0.1) is 25.4 Å². The van der Waals surface area contributed by atoms with Crippen molar-refractivity contribution in [3.63, 3.8) is 0 Å². The number of phenolic OH excluding ortho intramolecular Hbond substituents is 4. The number of ether oxygens (including phenoxy) is 7. The molecule has 15 atom stereocenters. The third-order valence-corrected chi connectivity index (χ3v) is 9.32. The Morgan fingerprint density at radius 3 is 1.85 bits per heavy atom. The van der Waals surface area contributed by atoms with Crippen LogP contribution in [0.15, 0.2) is 42.5 Å². The standard InChI is InChI=1S/C35H46O19/c1-14-24(41)26(43)28(45)33(50-14)49-13-22-31(53-23(40)8-5-16-3-6-18(36)20(38)11-16)32(54-35-29(46)27(44)25(42)15(2)51-35)30(47)34(52-22)48-10-9-17-4-7-19(37)21(39)12-17/h3-8,11-12,14-15,22,24-39,41-47H,9-10,13H2,1-2H3/b8-5+/t14-,15+,22-,24-,25-,26+,27-,28+,29-,30+,31+,32-,33-,34-,35-/m0/s1. The van der Waals surface area contributed by atoms with Gasteiger partial charge >= 0.3 is 5.97 Å². The van der Waals surface area contributed by atoms with E-state index in [1.54, 1.807) is 0 Å².